The molecule has 0 atom stereocenters. The Kier molecular flexibility index (Phi) is 17.4. The third-order valence-electron chi connectivity index (χ3n) is 1.19. The average molecular weight is 252 g/mol. The number of hydrogen-bond donors (Lipinski definition) is 0. The van der Waals surface area contributed by atoms with Gasteiger partial charge < -0.3 is 10.6 Å². The van der Waals surface area contributed by atoms with Crippen molar-refractivity contribution in [3.63, 3.8) is 0 Å². The third-order valence-corrected chi connectivity index (χ3v) is 1.19. The van der Waals surface area contributed by atoms with E-state index in [0.29, 0.717) is 24.2 Å². The van der Waals surface area contributed by atoms with Crippen LogP contribution < -0.4 is 0 Å². The minimum Gasteiger partial charge on any atom is -0.658 e. The van der Waals surface area contributed by atoms with Gasteiger partial charge in [0.25, 0.3) is 0 Å². The van der Waals surface area contributed by atoms with Crippen LogP contribution in [0.1, 0.15) is 55.4 Å². The summed E-state index contributed by atoms with van der Waals surface area (Å²) in [5.74, 6) is 0. The van der Waals surface area contributed by atoms with Crippen LogP contribution in [0.15, 0.2) is 0 Å². The second-order valence-corrected chi connectivity index (χ2v) is 4.67. The van der Waals surface area contributed by atoms with Gasteiger partial charge in [-0.3, -0.25) is 0 Å². The van der Waals surface area contributed by atoms with Crippen LogP contribution in [-0.2, 0) is 17.4 Å². The fourth-order valence-corrected chi connectivity index (χ4v) is 1.19. The van der Waals surface area contributed by atoms with E-state index in [0.717, 1.165) is 0 Å². The number of rotatable bonds is 4. The first-order chi connectivity index (χ1) is 6.25. The smallest absolute Gasteiger partial charge is 0.658 e. The van der Waals surface area contributed by atoms with Crippen LogP contribution in [0.3, 0.4) is 0 Å². The Balaban J connectivity index is -0.000000180. The van der Waals surface area contributed by atoms with Gasteiger partial charge in [-0.05, 0) is 0 Å². The minimum absolute atomic E-state index is 0. The zero-order valence-electron chi connectivity index (χ0n) is 11.6. The van der Waals surface area contributed by atoms with Crippen LogP contribution in [0.4, 0.5) is 0 Å². The molecule has 0 fully saturated rings. The van der Waals surface area contributed by atoms with Crippen molar-refractivity contribution in [3.8, 4) is 0 Å². The van der Waals surface area contributed by atoms with E-state index < -0.39 is 0 Å². The summed E-state index contributed by atoms with van der Waals surface area (Å²) in [4.78, 5) is 0. The van der Waals surface area contributed by atoms with Crippen LogP contribution in [0.25, 0.3) is 10.6 Å². The number of nitrogens with zero attached hydrogens (tertiary/aromatic N) is 2. The molecular formula is C12H28CrN2. The topological polar surface area (TPSA) is 28.2 Å². The summed E-state index contributed by atoms with van der Waals surface area (Å²) in [6.45, 7) is 16.8. The maximum absolute atomic E-state index is 4.28. The Morgan fingerprint density at radius 3 is 0.600 bits per heavy atom. The van der Waals surface area contributed by atoms with Gasteiger partial charge in [-0.15, -0.1) is 24.2 Å². The van der Waals surface area contributed by atoms with Crippen LogP contribution in [0.5, 0.6) is 0 Å². The molecule has 2 nitrogen and oxygen atoms in total. The van der Waals surface area contributed by atoms with Crippen molar-refractivity contribution in [2.75, 3.05) is 0 Å². The van der Waals surface area contributed by atoms with Crippen LogP contribution in [0, 0.1) is 0 Å². The van der Waals surface area contributed by atoms with E-state index in [-0.39, 0.29) is 17.4 Å². The van der Waals surface area contributed by atoms with Crippen LogP contribution in [-0.4, -0.2) is 24.2 Å². The van der Waals surface area contributed by atoms with Crippen LogP contribution in [0.2, 0.25) is 0 Å². The molecule has 92 valence electrons. The number of hydrogen-bond acceptors (Lipinski definition) is 0. The summed E-state index contributed by atoms with van der Waals surface area (Å²) in [6, 6.07) is 2.00. The zero-order valence-corrected chi connectivity index (χ0v) is 12.9. The first-order valence-electron chi connectivity index (χ1n) is 5.65. The molecule has 0 spiro atoms. The van der Waals surface area contributed by atoms with E-state index in [9.17, 15) is 0 Å². The molecular weight excluding hydrogens is 224 g/mol. The molecule has 0 aromatic heterocycles. The van der Waals surface area contributed by atoms with Gasteiger partial charge in [0.05, 0.1) is 0 Å². The standard InChI is InChI=1S/2C6H14N.Cr/c2*1-5(2)7-6(3)4;/h2*5-6H,1-4H3;/q2*-1;+2. The summed E-state index contributed by atoms with van der Waals surface area (Å²) in [5.41, 5.74) is 0. The molecule has 0 aliphatic heterocycles. The summed E-state index contributed by atoms with van der Waals surface area (Å²) < 4.78 is 0. The van der Waals surface area contributed by atoms with Crippen molar-refractivity contribution >= 4 is 0 Å². The fraction of sp³-hybridized carbons (Fsp3) is 1.00. The van der Waals surface area contributed by atoms with Crippen LogP contribution >= 0.6 is 0 Å². The second-order valence-electron chi connectivity index (χ2n) is 4.67. The maximum Gasteiger partial charge on any atom is 2.00 e. The molecule has 0 aliphatic rings. The van der Waals surface area contributed by atoms with Gasteiger partial charge in [0.1, 0.15) is 0 Å². The third kappa shape index (κ3) is 31.4. The summed E-state index contributed by atoms with van der Waals surface area (Å²) >= 11 is 0. The molecule has 3 heteroatoms. The van der Waals surface area contributed by atoms with E-state index >= 15 is 0 Å². The van der Waals surface area contributed by atoms with Gasteiger partial charge in [0.2, 0.25) is 0 Å². The molecule has 0 heterocycles. The molecule has 0 radical (unpaired) electrons. The molecule has 0 aromatic carbocycles. The predicted octanol–water partition coefficient (Wildman–Crippen LogP) is 4.35. The van der Waals surface area contributed by atoms with Gasteiger partial charge in [0, 0.05) is 0 Å². The van der Waals surface area contributed by atoms with Crippen molar-refractivity contribution in [1.29, 1.82) is 0 Å². The molecule has 0 saturated carbocycles. The van der Waals surface area contributed by atoms with Gasteiger partial charge in [-0.1, -0.05) is 55.4 Å². The molecule has 0 aromatic rings. The largest absolute Gasteiger partial charge is 2.00 e. The minimum atomic E-state index is 0. The zero-order chi connectivity index (χ0) is 11.7. The molecule has 0 aliphatic carbocycles. The molecule has 0 saturated heterocycles. The molecule has 0 N–H and O–H groups in total. The Labute approximate surface area is 108 Å². The fourth-order valence-electron chi connectivity index (χ4n) is 1.19. The van der Waals surface area contributed by atoms with E-state index in [1.54, 1.807) is 0 Å². The quantitative estimate of drug-likeness (QED) is 0.711. The van der Waals surface area contributed by atoms with E-state index in [2.05, 4.69) is 66.0 Å². The average Bonchev–Trinajstić information content (AvgIpc) is 1.79. The molecule has 0 amide bonds. The Morgan fingerprint density at radius 1 is 0.467 bits per heavy atom. The van der Waals surface area contributed by atoms with E-state index in [1.165, 1.54) is 0 Å². The first kappa shape index (κ1) is 20.8. The maximum atomic E-state index is 4.28. The second kappa shape index (κ2) is 12.5. The molecule has 0 unspecified atom stereocenters. The van der Waals surface area contributed by atoms with Crippen molar-refractivity contribution in [3.05, 3.63) is 10.6 Å². The Hall–Kier alpha value is 0.452. The molecule has 15 heavy (non-hydrogen) atoms. The monoisotopic (exact) mass is 252 g/mol. The van der Waals surface area contributed by atoms with Gasteiger partial charge in [-0.25, -0.2) is 0 Å². The summed E-state index contributed by atoms with van der Waals surface area (Å²) in [5, 5.41) is 8.56. The van der Waals surface area contributed by atoms with Crippen molar-refractivity contribution in [1.82, 2.24) is 0 Å². The Bertz CT molecular complexity index is 86.2. The first-order valence-corrected chi connectivity index (χ1v) is 5.65. The van der Waals surface area contributed by atoms with Crippen molar-refractivity contribution in [2.24, 2.45) is 0 Å². The molecule has 0 bridgehead atoms. The summed E-state index contributed by atoms with van der Waals surface area (Å²) in [7, 11) is 0. The normalized spacial score (nSPS) is 10.4. The van der Waals surface area contributed by atoms with Crippen molar-refractivity contribution < 1.29 is 17.4 Å². The Morgan fingerprint density at radius 2 is 0.600 bits per heavy atom. The molecule has 0 rings (SSSR count). The van der Waals surface area contributed by atoms with Gasteiger partial charge >= 0.3 is 17.4 Å². The predicted molar refractivity (Wildman–Crippen MR) is 67.3 cm³/mol. The van der Waals surface area contributed by atoms with E-state index in [4.69, 9.17) is 0 Å². The van der Waals surface area contributed by atoms with Gasteiger partial charge in [-0.2, -0.15) is 0 Å². The van der Waals surface area contributed by atoms with Gasteiger partial charge in [0.15, 0.2) is 0 Å². The SMILES string of the molecule is CC(C)[N-]C(C)C.CC(C)[N-]C(C)C.[Cr+2]. The van der Waals surface area contributed by atoms with E-state index in [1.807, 2.05) is 0 Å². The van der Waals surface area contributed by atoms with Crippen molar-refractivity contribution in [2.45, 2.75) is 79.6 Å². The summed E-state index contributed by atoms with van der Waals surface area (Å²) in [6.07, 6.45) is 0.